The molecule has 0 aliphatic carbocycles. The molecule has 0 saturated heterocycles. The Labute approximate surface area is 200 Å². The minimum Gasteiger partial charge on any atom is -0.436 e. The van der Waals surface area contributed by atoms with E-state index in [0.29, 0.717) is 17.0 Å². The zero-order chi connectivity index (χ0) is 23.4. The zero-order valence-corrected chi connectivity index (χ0v) is 18.7. The van der Waals surface area contributed by atoms with E-state index in [-0.39, 0.29) is 5.82 Å². The van der Waals surface area contributed by atoms with E-state index in [4.69, 9.17) is 4.42 Å². The van der Waals surface area contributed by atoms with Gasteiger partial charge in [-0.25, -0.2) is 9.37 Å². The second-order valence-electron chi connectivity index (χ2n) is 8.62. The summed E-state index contributed by atoms with van der Waals surface area (Å²) in [7, 11) is 0. The van der Waals surface area contributed by atoms with Crippen molar-refractivity contribution in [2.24, 2.45) is 0 Å². The molecule has 166 valence electrons. The number of aromatic nitrogens is 2. The highest BCUT2D eigenvalue weighted by Crippen LogP contribution is 2.33. The summed E-state index contributed by atoms with van der Waals surface area (Å²) in [5, 5.41) is 2.51. The molecule has 0 saturated carbocycles. The molecular weight excluding hydrogens is 435 g/mol. The Morgan fingerprint density at radius 2 is 1.17 bits per heavy atom. The maximum atomic E-state index is 13.5. The van der Waals surface area contributed by atoms with Gasteiger partial charge in [0.15, 0.2) is 5.58 Å². The highest BCUT2D eigenvalue weighted by atomic mass is 19.1. The van der Waals surface area contributed by atoms with Crippen molar-refractivity contribution < 1.29 is 8.81 Å². The van der Waals surface area contributed by atoms with Crippen LogP contribution in [-0.2, 0) is 0 Å². The Morgan fingerprint density at radius 1 is 0.600 bits per heavy atom. The van der Waals surface area contributed by atoms with Gasteiger partial charge in [0.05, 0.1) is 11.0 Å². The van der Waals surface area contributed by atoms with Gasteiger partial charge in [0.25, 0.3) is 0 Å². The Hall–Kier alpha value is -4.70. The second-order valence-corrected chi connectivity index (χ2v) is 8.62. The van der Waals surface area contributed by atoms with Crippen LogP contribution in [-0.4, -0.2) is 9.55 Å². The molecule has 2 aromatic heterocycles. The molecule has 0 fully saturated rings. The average molecular weight is 455 g/mol. The van der Waals surface area contributed by atoms with Crippen molar-refractivity contribution in [2.75, 3.05) is 0 Å². The van der Waals surface area contributed by atoms with E-state index in [9.17, 15) is 4.39 Å². The Bertz CT molecular complexity index is 1790. The smallest absolute Gasteiger partial charge is 0.227 e. The molecule has 0 spiro atoms. The lowest BCUT2D eigenvalue weighted by Crippen LogP contribution is -1.93. The standard InChI is InChI=1S/C31H19FN2O/c32-23-15-18-30-27(19-23)33-31(35-30)22-11-9-20(10-12-22)21-13-16-24(17-14-21)34-28-7-3-1-5-25(28)26-6-2-4-8-29(26)34/h1-19H. The fourth-order valence-corrected chi connectivity index (χ4v) is 4.83. The van der Waals surface area contributed by atoms with Crippen molar-refractivity contribution >= 4 is 32.9 Å². The lowest BCUT2D eigenvalue weighted by molar-refractivity contribution is 0.614. The largest absolute Gasteiger partial charge is 0.436 e. The van der Waals surface area contributed by atoms with Gasteiger partial charge < -0.3 is 8.98 Å². The molecule has 0 atom stereocenters. The number of hydrogen-bond acceptors (Lipinski definition) is 2. The molecule has 0 radical (unpaired) electrons. The van der Waals surface area contributed by atoms with E-state index in [1.807, 2.05) is 12.1 Å². The molecule has 7 rings (SSSR count). The fraction of sp³-hybridized carbons (Fsp3) is 0. The van der Waals surface area contributed by atoms with E-state index >= 15 is 0 Å². The zero-order valence-electron chi connectivity index (χ0n) is 18.7. The highest BCUT2D eigenvalue weighted by molar-refractivity contribution is 6.09. The van der Waals surface area contributed by atoms with Crippen molar-refractivity contribution in [2.45, 2.75) is 0 Å². The first-order valence-corrected chi connectivity index (χ1v) is 11.5. The van der Waals surface area contributed by atoms with Gasteiger partial charge in [-0.15, -0.1) is 0 Å². The molecule has 0 unspecified atom stereocenters. The molecule has 0 aliphatic heterocycles. The first-order valence-electron chi connectivity index (χ1n) is 11.5. The molecule has 0 aliphatic rings. The van der Waals surface area contributed by atoms with Crippen molar-refractivity contribution in [3.8, 4) is 28.3 Å². The topological polar surface area (TPSA) is 31.0 Å². The van der Waals surface area contributed by atoms with E-state index < -0.39 is 0 Å². The minimum absolute atomic E-state index is 0.322. The molecule has 3 nitrogen and oxygen atoms in total. The summed E-state index contributed by atoms with van der Waals surface area (Å²) in [6, 6.07) is 38.1. The van der Waals surface area contributed by atoms with Crippen LogP contribution in [0.2, 0.25) is 0 Å². The molecule has 0 amide bonds. The lowest BCUT2D eigenvalue weighted by atomic mass is 10.0. The van der Waals surface area contributed by atoms with Gasteiger partial charge in [-0.1, -0.05) is 60.7 Å². The SMILES string of the molecule is Fc1ccc2oc(-c3ccc(-c4ccc(-n5c6ccccc6c6ccccc65)cc4)cc3)nc2c1. The molecule has 35 heavy (non-hydrogen) atoms. The second kappa shape index (κ2) is 7.67. The maximum absolute atomic E-state index is 13.5. The Balaban J connectivity index is 1.24. The normalized spacial score (nSPS) is 11.6. The predicted molar refractivity (Wildman–Crippen MR) is 139 cm³/mol. The first-order chi connectivity index (χ1) is 17.2. The maximum Gasteiger partial charge on any atom is 0.227 e. The third kappa shape index (κ3) is 3.22. The van der Waals surface area contributed by atoms with Gasteiger partial charge in [0.2, 0.25) is 5.89 Å². The van der Waals surface area contributed by atoms with E-state index in [1.165, 1.54) is 33.9 Å². The Kier molecular flexibility index (Phi) is 4.33. The summed E-state index contributed by atoms with van der Waals surface area (Å²) < 4.78 is 21.6. The van der Waals surface area contributed by atoms with Crippen molar-refractivity contribution in [3.05, 3.63) is 121 Å². The first kappa shape index (κ1) is 19.7. The molecule has 0 bridgehead atoms. The monoisotopic (exact) mass is 454 g/mol. The third-order valence-corrected chi connectivity index (χ3v) is 6.52. The number of benzene rings is 5. The average Bonchev–Trinajstić information content (AvgIpc) is 3.48. The molecule has 4 heteroatoms. The molecule has 7 aromatic rings. The summed E-state index contributed by atoms with van der Waals surface area (Å²) in [6.07, 6.45) is 0. The summed E-state index contributed by atoms with van der Waals surface area (Å²) >= 11 is 0. The van der Waals surface area contributed by atoms with E-state index in [2.05, 4.69) is 94.5 Å². The predicted octanol–water partition coefficient (Wildman–Crippen LogP) is 8.40. The Morgan fingerprint density at radius 3 is 1.83 bits per heavy atom. The van der Waals surface area contributed by atoms with Crippen molar-refractivity contribution in [1.29, 1.82) is 0 Å². The van der Waals surface area contributed by atoms with Crippen LogP contribution in [0.4, 0.5) is 4.39 Å². The quantitative estimate of drug-likeness (QED) is 0.268. The van der Waals surface area contributed by atoms with Crippen LogP contribution in [0.5, 0.6) is 0 Å². The van der Waals surface area contributed by atoms with Gasteiger partial charge in [-0.2, -0.15) is 0 Å². The molecule has 5 aromatic carbocycles. The number of hydrogen-bond donors (Lipinski definition) is 0. The number of fused-ring (bicyclic) bond motifs is 4. The summed E-state index contributed by atoms with van der Waals surface area (Å²) in [4.78, 5) is 4.43. The van der Waals surface area contributed by atoms with Crippen LogP contribution in [0.25, 0.3) is 61.2 Å². The van der Waals surface area contributed by atoms with Crippen molar-refractivity contribution in [3.63, 3.8) is 0 Å². The van der Waals surface area contributed by atoms with E-state index in [0.717, 1.165) is 22.4 Å². The molecule has 0 N–H and O–H groups in total. The fourth-order valence-electron chi connectivity index (χ4n) is 4.83. The van der Waals surface area contributed by atoms with Gasteiger partial charge in [-0.3, -0.25) is 0 Å². The van der Waals surface area contributed by atoms with Gasteiger partial charge in [-0.05, 0) is 59.7 Å². The van der Waals surface area contributed by atoms with Crippen LogP contribution in [0, 0.1) is 5.82 Å². The number of para-hydroxylation sites is 2. The summed E-state index contributed by atoms with van der Waals surface area (Å²) in [6.45, 7) is 0. The minimum atomic E-state index is -0.322. The molecular formula is C31H19FN2O. The lowest BCUT2D eigenvalue weighted by Gasteiger charge is -2.09. The van der Waals surface area contributed by atoms with Crippen LogP contribution >= 0.6 is 0 Å². The van der Waals surface area contributed by atoms with Gasteiger partial charge in [0.1, 0.15) is 11.3 Å². The summed E-state index contributed by atoms with van der Waals surface area (Å²) in [5.74, 6) is 0.163. The van der Waals surface area contributed by atoms with Crippen LogP contribution in [0.15, 0.2) is 120 Å². The van der Waals surface area contributed by atoms with Crippen LogP contribution in [0.1, 0.15) is 0 Å². The highest BCUT2D eigenvalue weighted by Gasteiger charge is 2.12. The number of halogens is 1. The van der Waals surface area contributed by atoms with Crippen molar-refractivity contribution in [1.82, 2.24) is 9.55 Å². The van der Waals surface area contributed by atoms with Crippen LogP contribution in [0.3, 0.4) is 0 Å². The third-order valence-electron chi connectivity index (χ3n) is 6.52. The van der Waals surface area contributed by atoms with Gasteiger partial charge >= 0.3 is 0 Å². The molecule has 2 heterocycles. The van der Waals surface area contributed by atoms with Crippen LogP contribution < -0.4 is 0 Å². The van der Waals surface area contributed by atoms with E-state index in [1.54, 1.807) is 6.07 Å². The number of rotatable bonds is 3. The number of nitrogens with zero attached hydrogens (tertiary/aromatic N) is 2. The van der Waals surface area contributed by atoms with Gasteiger partial charge in [0, 0.05) is 28.1 Å². The number of oxazole rings is 1. The summed E-state index contributed by atoms with van der Waals surface area (Å²) in [5.41, 5.74) is 7.70.